The van der Waals surface area contributed by atoms with Crippen LogP contribution in [0.1, 0.15) is 45.1 Å². The lowest BCUT2D eigenvalue weighted by atomic mass is 9.95. The highest BCUT2D eigenvalue weighted by molar-refractivity contribution is 5.79. The monoisotopic (exact) mass is 380 g/mol. The molecule has 28 heavy (non-hydrogen) atoms. The first-order chi connectivity index (χ1) is 13.6. The molecule has 1 fully saturated rings. The number of anilines is 1. The minimum absolute atomic E-state index is 0.146. The molecule has 1 amide bonds. The molecular weight excluding hydrogens is 348 g/mol. The second-order valence-corrected chi connectivity index (χ2v) is 7.62. The minimum atomic E-state index is 0.146. The molecule has 0 saturated carbocycles. The molecule has 1 aliphatic heterocycles. The minimum Gasteiger partial charge on any atom is -0.355 e. The van der Waals surface area contributed by atoms with Gasteiger partial charge in [0.25, 0.3) is 0 Å². The third-order valence-electron chi connectivity index (χ3n) is 5.71. The van der Waals surface area contributed by atoms with Gasteiger partial charge in [0.1, 0.15) is 0 Å². The van der Waals surface area contributed by atoms with Crippen LogP contribution in [0.2, 0.25) is 0 Å². The summed E-state index contributed by atoms with van der Waals surface area (Å²) in [6.07, 6.45) is 3.99. The van der Waals surface area contributed by atoms with Crippen molar-refractivity contribution < 1.29 is 4.79 Å². The van der Waals surface area contributed by atoms with Crippen LogP contribution in [0.25, 0.3) is 11.3 Å². The van der Waals surface area contributed by atoms with E-state index in [2.05, 4.69) is 54.1 Å². The molecule has 0 radical (unpaired) electrons. The van der Waals surface area contributed by atoms with E-state index in [9.17, 15) is 4.79 Å². The molecule has 0 N–H and O–H groups in total. The summed E-state index contributed by atoms with van der Waals surface area (Å²) in [6, 6.07) is 12.3. The molecule has 0 atom stereocenters. The number of hydrogen-bond donors (Lipinski definition) is 0. The maximum Gasteiger partial charge on any atom is 0.225 e. The largest absolute Gasteiger partial charge is 0.355 e. The number of unbranched alkanes of at least 4 members (excludes halogenated alkanes) is 1. The second kappa shape index (κ2) is 9.67. The van der Waals surface area contributed by atoms with E-state index in [1.165, 1.54) is 5.56 Å². The zero-order valence-corrected chi connectivity index (χ0v) is 17.4. The number of carbonyl (C=O) groups excluding carboxylic acids is 1. The molecule has 2 aromatic rings. The Bertz CT molecular complexity index is 766. The van der Waals surface area contributed by atoms with Crippen molar-refractivity contribution >= 4 is 11.7 Å². The van der Waals surface area contributed by atoms with Crippen LogP contribution in [0.4, 0.5) is 5.82 Å². The Hall–Kier alpha value is -2.43. The first-order valence-electron chi connectivity index (χ1n) is 10.6. The lowest BCUT2D eigenvalue weighted by Crippen LogP contribution is -2.43. The molecule has 0 unspecified atom stereocenters. The zero-order chi connectivity index (χ0) is 19.9. The second-order valence-electron chi connectivity index (χ2n) is 7.62. The average molecular weight is 381 g/mol. The van der Waals surface area contributed by atoms with Gasteiger partial charge in [0, 0.05) is 37.7 Å². The van der Waals surface area contributed by atoms with Gasteiger partial charge in [-0.05, 0) is 50.8 Å². The molecule has 1 saturated heterocycles. The van der Waals surface area contributed by atoms with E-state index in [4.69, 9.17) is 0 Å². The molecule has 5 nitrogen and oxygen atoms in total. The molecular formula is C23H32N4O. The van der Waals surface area contributed by atoms with Crippen LogP contribution in [0.15, 0.2) is 36.4 Å². The van der Waals surface area contributed by atoms with Crippen molar-refractivity contribution in [2.24, 2.45) is 5.92 Å². The molecule has 1 aromatic heterocycles. The number of hydrogen-bond acceptors (Lipinski definition) is 4. The normalized spacial score (nSPS) is 14.9. The third-order valence-corrected chi connectivity index (χ3v) is 5.71. The van der Waals surface area contributed by atoms with E-state index >= 15 is 0 Å². The molecule has 0 bridgehead atoms. The first kappa shape index (κ1) is 20.3. The fourth-order valence-electron chi connectivity index (χ4n) is 3.88. The standard InChI is InChI=1S/C23H32N4O/c1-4-6-15-26(5-2)23(28)19-13-16-27(17-14-19)22-12-11-21(24-25-22)20-10-8-7-9-18(20)3/h7-12,19H,4-6,13-17H2,1-3H3. The van der Waals surface area contributed by atoms with E-state index in [-0.39, 0.29) is 5.92 Å². The zero-order valence-electron chi connectivity index (χ0n) is 17.4. The number of nitrogens with zero attached hydrogens (tertiary/aromatic N) is 4. The summed E-state index contributed by atoms with van der Waals surface area (Å²) in [5.74, 6) is 1.38. The maximum atomic E-state index is 12.8. The van der Waals surface area contributed by atoms with Crippen LogP contribution in [0.3, 0.4) is 0 Å². The molecule has 150 valence electrons. The predicted octanol–water partition coefficient (Wildman–Crippen LogP) is 4.32. The average Bonchev–Trinajstić information content (AvgIpc) is 2.75. The van der Waals surface area contributed by atoms with Gasteiger partial charge in [-0.2, -0.15) is 0 Å². The van der Waals surface area contributed by atoms with Gasteiger partial charge in [-0.15, -0.1) is 10.2 Å². The van der Waals surface area contributed by atoms with Gasteiger partial charge in [0.2, 0.25) is 5.91 Å². The summed E-state index contributed by atoms with van der Waals surface area (Å²) in [5, 5.41) is 8.91. The number of aryl methyl sites for hydroxylation is 1. The van der Waals surface area contributed by atoms with Crippen molar-refractivity contribution in [3.05, 3.63) is 42.0 Å². The first-order valence-corrected chi connectivity index (χ1v) is 10.6. The van der Waals surface area contributed by atoms with Gasteiger partial charge in [-0.1, -0.05) is 37.6 Å². The lowest BCUT2D eigenvalue weighted by molar-refractivity contribution is -0.136. The fraction of sp³-hybridized carbons (Fsp3) is 0.522. The highest BCUT2D eigenvalue weighted by Gasteiger charge is 2.28. The van der Waals surface area contributed by atoms with E-state index in [0.29, 0.717) is 5.91 Å². The van der Waals surface area contributed by atoms with Gasteiger partial charge < -0.3 is 9.80 Å². The van der Waals surface area contributed by atoms with Gasteiger partial charge in [0.15, 0.2) is 5.82 Å². The van der Waals surface area contributed by atoms with Crippen LogP contribution in [-0.2, 0) is 4.79 Å². The number of amides is 1. The Balaban J connectivity index is 1.59. The SMILES string of the molecule is CCCCN(CC)C(=O)C1CCN(c2ccc(-c3ccccc3C)nn2)CC1. The predicted molar refractivity (Wildman–Crippen MR) is 114 cm³/mol. The van der Waals surface area contributed by atoms with Crippen LogP contribution in [0.5, 0.6) is 0 Å². The Morgan fingerprint density at radius 2 is 1.86 bits per heavy atom. The van der Waals surface area contributed by atoms with Gasteiger partial charge >= 0.3 is 0 Å². The number of benzene rings is 1. The summed E-state index contributed by atoms with van der Waals surface area (Å²) in [7, 11) is 0. The Kier molecular flexibility index (Phi) is 7.01. The summed E-state index contributed by atoms with van der Waals surface area (Å²) in [5.41, 5.74) is 3.23. The molecule has 2 heterocycles. The highest BCUT2D eigenvalue weighted by atomic mass is 16.2. The molecule has 1 aliphatic rings. The van der Waals surface area contributed by atoms with Crippen molar-refractivity contribution in [3.63, 3.8) is 0 Å². The number of rotatable bonds is 7. The molecule has 0 spiro atoms. The Morgan fingerprint density at radius 1 is 1.11 bits per heavy atom. The third kappa shape index (κ3) is 4.70. The van der Waals surface area contributed by atoms with Crippen LogP contribution in [0, 0.1) is 12.8 Å². The number of carbonyl (C=O) groups is 1. The van der Waals surface area contributed by atoms with E-state index in [1.54, 1.807) is 0 Å². The van der Waals surface area contributed by atoms with E-state index in [1.807, 2.05) is 23.1 Å². The van der Waals surface area contributed by atoms with Crippen LogP contribution in [-0.4, -0.2) is 47.2 Å². The van der Waals surface area contributed by atoms with Crippen molar-refractivity contribution in [2.45, 2.75) is 46.5 Å². The van der Waals surface area contributed by atoms with E-state index in [0.717, 1.165) is 68.9 Å². The van der Waals surface area contributed by atoms with Crippen LogP contribution < -0.4 is 4.90 Å². The summed E-state index contributed by atoms with van der Waals surface area (Å²) < 4.78 is 0. The summed E-state index contributed by atoms with van der Waals surface area (Å²) >= 11 is 0. The Labute approximate surface area is 168 Å². The number of aromatic nitrogens is 2. The highest BCUT2D eigenvalue weighted by Crippen LogP contribution is 2.25. The smallest absolute Gasteiger partial charge is 0.225 e. The lowest BCUT2D eigenvalue weighted by Gasteiger charge is -2.34. The van der Waals surface area contributed by atoms with E-state index < -0.39 is 0 Å². The van der Waals surface area contributed by atoms with Gasteiger partial charge in [0.05, 0.1) is 5.69 Å². The summed E-state index contributed by atoms with van der Waals surface area (Å²) in [4.78, 5) is 17.1. The summed E-state index contributed by atoms with van der Waals surface area (Å²) in [6.45, 7) is 9.76. The van der Waals surface area contributed by atoms with Crippen LogP contribution >= 0.6 is 0 Å². The topological polar surface area (TPSA) is 49.3 Å². The van der Waals surface area contributed by atoms with Crippen molar-refractivity contribution in [3.8, 4) is 11.3 Å². The molecule has 5 heteroatoms. The molecule has 0 aliphatic carbocycles. The number of piperidine rings is 1. The van der Waals surface area contributed by atoms with Gasteiger partial charge in [-0.25, -0.2) is 0 Å². The molecule has 3 rings (SSSR count). The molecule has 1 aromatic carbocycles. The fourth-order valence-corrected chi connectivity index (χ4v) is 3.88. The quantitative estimate of drug-likeness (QED) is 0.718. The van der Waals surface area contributed by atoms with Crippen molar-refractivity contribution in [1.29, 1.82) is 0 Å². The Morgan fingerprint density at radius 3 is 2.46 bits per heavy atom. The van der Waals surface area contributed by atoms with Gasteiger partial charge in [-0.3, -0.25) is 4.79 Å². The van der Waals surface area contributed by atoms with Crippen molar-refractivity contribution in [1.82, 2.24) is 15.1 Å². The maximum absolute atomic E-state index is 12.8. The van der Waals surface area contributed by atoms with Crippen molar-refractivity contribution in [2.75, 3.05) is 31.1 Å².